The molecule has 0 fully saturated rings. The molecule has 0 saturated heterocycles. The summed E-state index contributed by atoms with van der Waals surface area (Å²) in [6, 6.07) is 1.97. The summed E-state index contributed by atoms with van der Waals surface area (Å²) in [5, 5.41) is 11.4. The summed E-state index contributed by atoms with van der Waals surface area (Å²) in [7, 11) is 0. The fraction of sp³-hybridized carbons (Fsp3) is 0.385. The minimum atomic E-state index is -4.40. The molecule has 3 rings (SSSR count). The fourth-order valence-electron chi connectivity index (χ4n) is 1.93. The Kier molecular flexibility index (Phi) is 3.92. The van der Waals surface area contributed by atoms with E-state index in [0.717, 1.165) is 18.0 Å². The monoisotopic (exact) mass is 342 g/mol. The largest absolute Gasteiger partial charge is 0.416 e. The molecule has 0 aliphatic carbocycles. The standard InChI is InChI=1S/C13H13F3N6S/c1-7(2)11-18-12(23-21-11)17-6-10-20-19-9-5-8(13(14,15)16)3-4-22(9)10/h3-5,7H,6H2,1-2H3,(H,17,18,21). The van der Waals surface area contributed by atoms with Crippen LogP contribution >= 0.6 is 11.5 Å². The zero-order valence-corrected chi connectivity index (χ0v) is 13.1. The van der Waals surface area contributed by atoms with Gasteiger partial charge in [0.15, 0.2) is 11.5 Å². The fourth-order valence-corrected chi connectivity index (χ4v) is 2.64. The van der Waals surface area contributed by atoms with Crippen molar-refractivity contribution >= 4 is 22.3 Å². The highest BCUT2D eigenvalue weighted by Crippen LogP contribution is 2.29. The van der Waals surface area contributed by atoms with Crippen LogP contribution in [0.25, 0.3) is 5.65 Å². The third-order valence-electron chi connectivity index (χ3n) is 3.16. The lowest BCUT2D eigenvalue weighted by Crippen LogP contribution is -2.07. The number of anilines is 1. The van der Waals surface area contributed by atoms with Gasteiger partial charge in [0.1, 0.15) is 5.82 Å². The smallest absolute Gasteiger partial charge is 0.353 e. The van der Waals surface area contributed by atoms with Gasteiger partial charge in [0.25, 0.3) is 0 Å². The number of aromatic nitrogens is 5. The summed E-state index contributed by atoms with van der Waals surface area (Å²) in [6.45, 7) is 4.28. The predicted octanol–water partition coefficient (Wildman–Crippen LogP) is 3.34. The Morgan fingerprint density at radius 3 is 2.74 bits per heavy atom. The molecule has 0 radical (unpaired) electrons. The number of nitrogens with one attached hydrogen (secondary N) is 1. The van der Waals surface area contributed by atoms with Gasteiger partial charge >= 0.3 is 6.18 Å². The van der Waals surface area contributed by atoms with E-state index in [1.165, 1.54) is 22.1 Å². The maximum atomic E-state index is 12.7. The van der Waals surface area contributed by atoms with Crippen LogP contribution in [0.5, 0.6) is 0 Å². The Hall–Kier alpha value is -2.23. The number of alkyl halides is 3. The van der Waals surface area contributed by atoms with Crippen LogP contribution < -0.4 is 5.32 Å². The first-order valence-corrected chi connectivity index (χ1v) is 7.60. The molecule has 0 amide bonds. The van der Waals surface area contributed by atoms with Gasteiger partial charge in [-0.1, -0.05) is 13.8 Å². The second kappa shape index (κ2) is 5.76. The van der Waals surface area contributed by atoms with Gasteiger partial charge < -0.3 is 5.32 Å². The van der Waals surface area contributed by atoms with Crippen LogP contribution in [0.15, 0.2) is 18.3 Å². The molecule has 3 aromatic rings. The van der Waals surface area contributed by atoms with Crippen molar-refractivity contribution in [1.29, 1.82) is 0 Å². The van der Waals surface area contributed by atoms with Crippen LogP contribution in [0.1, 0.15) is 37.0 Å². The van der Waals surface area contributed by atoms with Crippen LogP contribution in [0.4, 0.5) is 18.3 Å². The van der Waals surface area contributed by atoms with Gasteiger partial charge in [-0.25, -0.2) is 4.98 Å². The van der Waals surface area contributed by atoms with Gasteiger partial charge in [-0.05, 0) is 12.1 Å². The molecule has 0 atom stereocenters. The summed E-state index contributed by atoms with van der Waals surface area (Å²) in [5.74, 6) is 1.48. The first kappa shape index (κ1) is 15.7. The minimum Gasteiger partial charge on any atom is -0.353 e. The molecular formula is C13H13F3N6S. The third kappa shape index (κ3) is 3.26. The molecule has 122 valence electrons. The molecule has 0 aliphatic heterocycles. The van der Waals surface area contributed by atoms with E-state index in [1.807, 2.05) is 13.8 Å². The van der Waals surface area contributed by atoms with Gasteiger partial charge in [0.05, 0.1) is 12.1 Å². The lowest BCUT2D eigenvalue weighted by molar-refractivity contribution is -0.137. The second-order valence-corrected chi connectivity index (χ2v) is 5.98. The van der Waals surface area contributed by atoms with E-state index in [1.54, 1.807) is 0 Å². The van der Waals surface area contributed by atoms with Crippen molar-refractivity contribution in [2.45, 2.75) is 32.5 Å². The van der Waals surface area contributed by atoms with Crippen LogP contribution in [-0.2, 0) is 12.7 Å². The molecule has 3 heterocycles. The second-order valence-electron chi connectivity index (χ2n) is 5.22. The number of hydrogen-bond acceptors (Lipinski definition) is 6. The van der Waals surface area contributed by atoms with Crippen molar-refractivity contribution in [3.8, 4) is 0 Å². The predicted molar refractivity (Wildman–Crippen MR) is 79.3 cm³/mol. The third-order valence-corrected chi connectivity index (χ3v) is 3.85. The van der Waals surface area contributed by atoms with Crippen molar-refractivity contribution in [2.75, 3.05) is 5.32 Å². The lowest BCUT2D eigenvalue weighted by Gasteiger charge is -2.06. The molecule has 0 aliphatic rings. The van der Waals surface area contributed by atoms with E-state index in [-0.39, 0.29) is 11.6 Å². The topological polar surface area (TPSA) is 68.0 Å². The van der Waals surface area contributed by atoms with Crippen molar-refractivity contribution in [3.63, 3.8) is 0 Å². The van der Waals surface area contributed by atoms with E-state index < -0.39 is 11.7 Å². The molecule has 0 aromatic carbocycles. The number of nitrogens with zero attached hydrogens (tertiary/aromatic N) is 5. The highest BCUT2D eigenvalue weighted by atomic mass is 32.1. The molecular weight excluding hydrogens is 329 g/mol. The number of fused-ring (bicyclic) bond motifs is 1. The SMILES string of the molecule is CC(C)c1nsc(NCc2nnc3cc(C(F)(F)F)ccn23)n1. The molecule has 1 N–H and O–H groups in total. The Morgan fingerprint density at radius 1 is 1.30 bits per heavy atom. The Bertz CT molecular complexity index is 823. The summed E-state index contributed by atoms with van der Waals surface area (Å²) >= 11 is 1.23. The molecule has 0 spiro atoms. The zero-order valence-electron chi connectivity index (χ0n) is 12.3. The van der Waals surface area contributed by atoms with E-state index >= 15 is 0 Å². The normalized spacial score (nSPS) is 12.3. The van der Waals surface area contributed by atoms with Gasteiger partial charge in [-0.3, -0.25) is 4.40 Å². The van der Waals surface area contributed by atoms with E-state index in [4.69, 9.17) is 0 Å². The molecule has 23 heavy (non-hydrogen) atoms. The molecule has 6 nitrogen and oxygen atoms in total. The van der Waals surface area contributed by atoms with Crippen molar-refractivity contribution < 1.29 is 13.2 Å². The van der Waals surface area contributed by atoms with Gasteiger partial charge in [0, 0.05) is 23.6 Å². The van der Waals surface area contributed by atoms with Crippen LogP contribution in [0.2, 0.25) is 0 Å². The van der Waals surface area contributed by atoms with E-state index in [9.17, 15) is 13.2 Å². The average molecular weight is 342 g/mol. The Labute approximate surface area is 133 Å². The van der Waals surface area contributed by atoms with Crippen molar-refractivity contribution in [1.82, 2.24) is 24.0 Å². The summed E-state index contributed by atoms with van der Waals surface area (Å²) in [5.41, 5.74) is -0.598. The number of pyridine rings is 1. The van der Waals surface area contributed by atoms with Crippen LogP contribution in [0, 0.1) is 0 Å². The summed E-state index contributed by atoms with van der Waals surface area (Å²) < 4.78 is 43.8. The number of rotatable bonds is 4. The van der Waals surface area contributed by atoms with E-state index in [2.05, 4.69) is 24.9 Å². The van der Waals surface area contributed by atoms with E-state index in [0.29, 0.717) is 17.5 Å². The molecule has 0 bridgehead atoms. The molecule has 10 heteroatoms. The first-order valence-electron chi connectivity index (χ1n) is 6.83. The number of hydrogen-bond donors (Lipinski definition) is 1. The Balaban J connectivity index is 1.78. The Morgan fingerprint density at radius 2 is 2.09 bits per heavy atom. The highest BCUT2D eigenvalue weighted by Gasteiger charge is 2.31. The number of halogens is 3. The summed E-state index contributed by atoms with van der Waals surface area (Å²) in [6.07, 6.45) is -3.08. The molecule has 0 saturated carbocycles. The first-order chi connectivity index (χ1) is 10.8. The average Bonchev–Trinajstić information content (AvgIpc) is 3.10. The van der Waals surface area contributed by atoms with Gasteiger partial charge in [0.2, 0.25) is 5.13 Å². The highest BCUT2D eigenvalue weighted by molar-refractivity contribution is 7.09. The van der Waals surface area contributed by atoms with Gasteiger partial charge in [-0.2, -0.15) is 17.5 Å². The molecule has 0 unspecified atom stereocenters. The molecule has 3 aromatic heterocycles. The van der Waals surface area contributed by atoms with Gasteiger partial charge in [-0.15, -0.1) is 10.2 Å². The zero-order chi connectivity index (χ0) is 16.6. The lowest BCUT2D eigenvalue weighted by atomic mass is 10.2. The van der Waals surface area contributed by atoms with Crippen molar-refractivity contribution in [2.24, 2.45) is 0 Å². The quantitative estimate of drug-likeness (QED) is 0.788. The maximum absolute atomic E-state index is 12.7. The summed E-state index contributed by atoms with van der Waals surface area (Å²) in [4.78, 5) is 4.33. The van der Waals surface area contributed by atoms with Crippen molar-refractivity contribution in [3.05, 3.63) is 35.5 Å². The minimum absolute atomic E-state index is 0.150. The maximum Gasteiger partial charge on any atom is 0.416 e. The van der Waals surface area contributed by atoms with Crippen LogP contribution in [0.3, 0.4) is 0 Å². The van der Waals surface area contributed by atoms with Crippen LogP contribution in [-0.4, -0.2) is 24.0 Å².